The zero-order valence-corrected chi connectivity index (χ0v) is 8.67. The molecule has 0 saturated heterocycles. The minimum Gasteiger partial charge on any atom is -0.309 e. The molecule has 1 unspecified atom stereocenters. The smallest absolute Gasteiger partial charge is 0.0602 e. The molecule has 13 heavy (non-hydrogen) atoms. The van der Waals surface area contributed by atoms with Crippen LogP contribution >= 0.6 is 0 Å². The third kappa shape index (κ3) is 2.52. The molecular weight excluding hydrogens is 160 g/mol. The van der Waals surface area contributed by atoms with E-state index >= 15 is 0 Å². The Morgan fingerprint density at radius 2 is 2.23 bits per heavy atom. The van der Waals surface area contributed by atoms with E-state index in [1.165, 1.54) is 11.3 Å². The lowest BCUT2D eigenvalue weighted by Gasteiger charge is -2.16. The number of hydrogen-bond donors (Lipinski definition) is 1. The van der Waals surface area contributed by atoms with Crippen LogP contribution in [0.1, 0.15) is 37.6 Å². The van der Waals surface area contributed by atoms with Gasteiger partial charge in [0.1, 0.15) is 0 Å². The molecule has 2 nitrogen and oxygen atoms in total. The summed E-state index contributed by atoms with van der Waals surface area (Å²) in [4.78, 5) is 4.41. The third-order valence-corrected chi connectivity index (χ3v) is 2.24. The van der Waals surface area contributed by atoms with Gasteiger partial charge < -0.3 is 5.32 Å². The summed E-state index contributed by atoms with van der Waals surface area (Å²) in [6.07, 6.45) is 2.95. The van der Waals surface area contributed by atoms with Gasteiger partial charge >= 0.3 is 0 Å². The normalized spacial score (nSPS) is 12.8. The highest BCUT2D eigenvalue weighted by atomic mass is 14.9. The largest absolute Gasteiger partial charge is 0.309 e. The third-order valence-electron chi connectivity index (χ3n) is 2.24. The van der Waals surface area contributed by atoms with E-state index in [0.29, 0.717) is 6.04 Å². The van der Waals surface area contributed by atoms with Gasteiger partial charge in [0.05, 0.1) is 5.69 Å². The van der Waals surface area contributed by atoms with E-state index < -0.39 is 0 Å². The maximum absolute atomic E-state index is 4.41. The van der Waals surface area contributed by atoms with Crippen LogP contribution in [0.4, 0.5) is 0 Å². The Balaban J connectivity index is 2.84. The van der Waals surface area contributed by atoms with Gasteiger partial charge in [-0.3, -0.25) is 4.98 Å². The fraction of sp³-hybridized carbons (Fsp3) is 0.545. The predicted octanol–water partition coefficient (Wildman–Crippen LogP) is 2.45. The molecule has 1 aromatic heterocycles. The minimum absolute atomic E-state index is 0.409. The van der Waals surface area contributed by atoms with Crippen molar-refractivity contribution in [1.82, 2.24) is 10.3 Å². The number of rotatable bonds is 4. The van der Waals surface area contributed by atoms with Gasteiger partial charge in [-0.15, -0.1) is 0 Å². The van der Waals surface area contributed by atoms with Crippen LogP contribution < -0.4 is 5.32 Å². The van der Waals surface area contributed by atoms with E-state index in [-0.39, 0.29) is 0 Å². The van der Waals surface area contributed by atoms with Crippen LogP contribution in [0.3, 0.4) is 0 Å². The molecule has 0 spiro atoms. The Morgan fingerprint density at radius 3 is 2.77 bits per heavy atom. The summed E-state index contributed by atoms with van der Waals surface area (Å²) in [5.74, 6) is 0. The SMILES string of the molecule is CCNC(CC)c1ncccc1C. The summed E-state index contributed by atoms with van der Waals surface area (Å²) >= 11 is 0. The fourth-order valence-corrected chi connectivity index (χ4v) is 1.54. The van der Waals surface area contributed by atoms with Gasteiger partial charge in [0.25, 0.3) is 0 Å². The van der Waals surface area contributed by atoms with Crippen LogP contribution in [0.25, 0.3) is 0 Å². The highest BCUT2D eigenvalue weighted by Gasteiger charge is 2.10. The molecule has 0 aliphatic carbocycles. The topological polar surface area (TPSA) is 24.9 Å². The molecule has 1 heterocycles. The van der Waals surface area contributed by atoms with E-state index in [2.05, 4.69) is 37.1 Å². The van der Waals surface area contributed by atoms with E-state index in [4.69, 9.17) is 0 Å². The lowest BCUT2D eigenvalue weighted by atomic mass is 10.1. The molecular formula is C11H18N2. The van der Waals surface area contributed by atoms with Crippen LogP contribution in [0.2, 0.25) is 0 Å². The Bertz CT molecular complexity index is 258. The number of hydrogen-bond acceptors (Lipinski definition) is 2. The number of aromatic nitrogens is 1. The maximum Gasteiger partial charge on any atom is 0.0602 e. The molecule has 1 rings (SSSR count). The first-order chi connectivity index (χ1) is 6.29. The Morgan fingerprint density at radius 1 is 1.46 bits per heavy atom. The molecule has 2 heteroatoms. The Labute approximate surface area is 80.4 Å². The highest BCUT2D eigenvalue weighted by molar-refractivity contribution is 5.20. The standard InChI is InChI=1S/C11H18N2/c1-4-10(12-5-2)11-9(3)7-6-8-13-11/h6-8,10,12H,4-5H2,1-3H3. The van der Waals surface area contributed by atoms with Crippen molar-refractivity contribution in [3.63, 3.8) is 0 Å². The van der Waals surface area contributed by atoms with Gasteiger partial charge in [-0.2, -0.15) is 0 Å². The quantitative estimate of drug-likeness (QED) is 0.766. The second kappa shape index (κ2) is 4.97. The summed E-state index contributed by atoms with van der Waals surface area (Å²) < 4.78 is 0. The first-order valence-corrected chi connectivity index (χ1v) is 4.94. The molecule has 0 radical (unpaired) electrons. The van der Waals surface area contributed by atoms with Gasteiger partial charge in [0.15, 0.2) is 0 Å². The second-order valence-corrected chi connectivity index (χ2v) is 3.22. The number of pyridine rings is 1. The molecule has 0 bridgehead atoms. The first-order valence-electron chi connectivity index (χ1n) is 4.94. The Kier molecular flexibility index (Phi) is 3.90. The van der Waals surface area contributed by atoms with Crippen molar-refractivity contribution in [2.75, 3.05) is 6.54 Å². The van der Waals surface area contributed by atoms with Crippen molar-refractivity contribution in [3.8, 4) is 0 Å². The maximum atomic E-state index is 4.41. The molecule has 0 fully saturated rings. The molecule has 0 aliphatic rings. The van der Waals surface area contributed by atoms with E-state index in [9.17, 15) is 0 Å². The van der Waals surface area contributed by atoms with E-state index in [1.807, 2.05) is 12.3 Å². The number of aryl methyl sites for hydroxylation is 1. The van der Waals surface area contributed by atoms with Crippen molar-refractivity contribution in [3.05, 3.63) is 29.6 Å². The molecule has 1 aromatic rings. The van der Waals surface area contributed by atoms with Crippen molar-refractivity contribution in [1.29, 1.82) is 0 Å². The minimum atomic E-state index is 0.409. The van der Waals surface area contributed by atoms with Crippen LogP contribution in [-0.2, 0) is 0 Å². The van der Waals surface area contributed by atoms with Crippen molar-refractivity contribution >= 4 is 0 Å². The second-order valence-electron chi connectivity index (χ2n) is 3.22. The van der Waals surface area contributed by atoms with Crippen molar-refractivity contribution in [2.24, 2.45) is 0 Å². The van der Waals surface area contributed by atoms with Crippen molar-refractivity contribution < 1.29 is 0 Å². The van der Waals surface area contributed by atoms with Crippen LogP contribution in [0, 0.1) is 6.92 Å². The van der Waals surface area contributed by atoms with Crippen LogP contribution in [0.15, 0.2) is 18.3 Å². The summed E-state index contributed by atoms with van der Waals surface area (Å²) in [5.41, 5.74) is 2.46. The molecule has 0 amide bonds. The molecule has 72 valence electrons. The van der Waals surface area contributed by atoms with Crippen LogP contribution in [0.5, 0.6) is 0 Å². The predicted molar refractivity (Wildman–Crippen MR) is 55.7 cm³/mol. The summed E-state index contributed by atoms with van der Waals surface area (Å²) in [6.45, 7) is 7.42. The average Bonchev–Trinajstić information content (AvgIpc) is 2.16. The first kappa shape index (κ1) is 10.2. The number of nitrogens with one attached hydrogen (secondary N) is 1. The molecule has 1 atom stereocenters. The molecule has 0 aromatic carbocycles. The molecule has 1 N–H and O–H groups in total. The zero-order valence-electron chi connectivity index (χ0n) is 8.67. The molecule has 0 saturated carbocycles. The van der Waals surface area contributed by atoms with E-state index in [0.717, 1.165) is 13.0 Å². The monoisotopic (exact) mass is 178 g/mol. The average molecular weight is 178 g/mol. The van der Waals surface area contributed by atoms with Gasteiger partial charge in [0.2, 0.25) is 0 Å². The fourth-order valence-electron chi connectivity index (χ4n) is 1.54. The van der Waals surface area contributed by atoms with E-state index in [1.54, 1.807) is 0 Å². The Hall–Kier alpha value is -0.890. The van der Waals surface area contributed by atoms with Gasteiger partial charge in [-0.05, 0) is 31.5 Å². The lowest BCUT2D eigenvalue weighted by molar-refractivity contribution is 0.522. The van der Waals surface area contributed by atoms with Crippen LogP contribution in [-0.4, -0.2) is 11.5 Å². The summed E-state index contributed by atoms with van der Waals surface area (Å²) in [7, 11) is 0. The molecule has 0 aliphatic heterocycles. The summed E-state index contributed by atoms with van der Waals surface area (Å²) in [6, 6.07) is 4.51. The van der Waals surface area contributed by atoms with Crippen molar-refractivity contribution in [2.45, 2.75) is 33.2 Å². The van der Waals surface area contributed by atoms with Gasteiger partial charge in [-0.1, -0.05) is 19.9 Å². The van der Waals surface area contributed by atoms with Gasteiger partial charge in [0, 0.05) is 12.2 Å². The summed E-state index contributed by atoms with van der Waals surface area (Å²) in [5, 5.41) is 3.43. The lowest BCUT2D eigenvalue weighted by Crippen LogP contribution is -2.21. The highest BCUT2D eigenvalue weighted by Crippen LogP contribution is 2.16. The van der Waals surface area contributed by atoms with Gasteiger partial charge in [-0.25, -0.2) is 0 Å². The number of nitrogens with zero attached hydrogens (tertiary/aromatic N) is 1. The zero-order chi connectivity index (χ0) is 9.68.